The molecule has 0 aromatic heterocycles. The molecule has 0 aliphatic rings. The highest BCUT2D eigenvalue weighted by atomic mass is 16.1. The first kappa shape index (κ1) is 11.7. The molecule has 1 aromatic carbocycles. The zero-order chi connectivity index (χ0) is 11.3. The highest BCUT2D eigenvalue weighted by Gasteiger charge is 2.07. The van der Waals surface area contributed by atoms with Crippen LogP contribution >= 0.6 is 0 Å². The van der Waals surface area contributed by atoms with Gasteiger partial charge in [-0.25, -0.2) is 0 Å². The van der Waals surface area contributed by atoms with Gasteiger partial charge in [-0.3, -0.25) is 4.79 Å². The molecule has 0 radical (unpaired) electrons. The summed E-state index contributed by atoms with van der Waals surface area (Å²) in [6.45, 7) is 4.38. The van der Waals surface area contributed by atoms with Gasteiger partial charge in [0.15, 0.2) is 0 Å². The third kappa shape index (κ3) is 3.36. The number of nitrogens with two attached hydrogens (primary N) is 1. The number of hydrogen-bond donors (Lipinski definition) is 2. The molecule has 0 saturated heterocycles. The number of amides is 1. The second-order valence-corrected chi connectivity index (χ2v) is 3.59. The van der Waals surface area contributed by atoms with E-state index in [1.54, 1.807) is 0 Å². The third-order valence-electron chi connectivity index (χ3n) is 2.41. The average Bonchev–Trinajstić information content (AvgIpc) is 2.29. The van der Waals surface area contributed by atoms with Crippen LogP contribution < -0.4 is 11.1 Å². The van der Waals surface area contributed by atoms with Crippen molar-refractivity contribution in [2.24, 2.45) is 5.73 Å². The molecule has 1 aromatic rings. The van der Waals surface area contributed by atoms with Gasteiger partial charge in [-0.1, -0.05) is 31.2 Å². The average molecular weight is 206 g/mol. The van der Waals surface area contributed by atoms with E-state index in [1.165, 1.54) is 0 Å². The van der Waals surface area contributed by atoms with Crippen molar-refractivity contribution in [3.63, 3.8) is 0 Å². The molecule has 1 amide bonds. The molecule has 0 heterocycles. The maximum atomic E-state index is 11.2. The normalized spacial score (nSPS) is 12.2. The predicted octanol–water partition coefficient (Wildman–Crippen LogP) is 1.73. The SMILES string of the molecule is CCC(=O)NC(C)c1ccc(CN)cc1. The highest BCUT2D eigenvalue weighted by molar-refractivity contribution is 5.75. The lowest BCUT2D eigenvalue weighted by Gasteiger charge is -2.13. The maximum Gasteiger partial charge on any atom is 0.220 e. The fourth-order valence-corrected chi connectivity index (χ4v) is 1.37. The van der Waals surface area contributed by atoms with Crippen LogP contribution in [-0.2, 0) is 11.3 Å². The van der Waals surface area contributed by atoms with E-state index in [0.717, 1.165) is 11.1 Å². The molecule has 15 heavy (non-hydrogen) atoms. The van der Waals surface area contributed by atoms with Gasteiger partial charge in [0.2, 0.25) is 5.91 Å². The summed E-state index contributed by atoms with van der Waals surface area (Å²) in [5.41, 5.74) is 7.72. The largest absolute Gasteiger partial charge is 0.350 e. The Hall–Kier alpha value is -1.35. The lowest BCUT2D eigenvalue weighted by atomic mass is 10.1. The van der Waals surface area contributed by atoms with Gasteiger partial charge in [0.1, 0.15) is 0 Å². The molecule has 1 unspecified atom stereocenters. The van der Waals surface area contributed by atoms with Crippen molar-refractivity contribution < 1.29 is 4.79 Å². The minimum absolute atomic E-state index is 0.0595. The van der Waals surface area contributed by atoms with E-state index in [0.29, 0.717) is 13.0 Å². The van der Waals surface area contributed by atoms with Crippen molar-refractivity contribution in [2.75, 3.05) is 0 Å². The summed E-state index contributed by atoms with van der Waals surface area (Å²) in [5, 5.41) is 2.91. The van der Waals surface area contributed by atoms with Crippen LogP contribution in [0.5, 0.6) is 0 Å². The highest BCUT2D eigenvalue weighted by Crippen LogP contribution is 2.13. The minimum Gasteiger partial charge on any atom is -0.350 e. The molecule has 3 nitrogen and oxygen atoms in total. The van der Waals surface area contributed by atoms with E-state index in [9.17, 15) is 4.79 Å². The second kappa shape index (κ2) is 5.51. The van der Waals surface area contributed by atoms with E-state index in [-0.39, 0.29) is 11.9 Å². The zero-order valence-corrected chi connectivity index (χ0v) is 9.29. The topological polar surface area (TPSA) is 55.1 Å². The van der Waals surface area contributed by atoms with E-state index < -0.39 is 0 Å². The van der Waals surface area contributed by atoms with Crippen molar-refractivity contribution in [1.82, 2.24) is 5.32 Å². The van der Waals surface area contributed by atoms with Crippen molar-refractivity contribution in [2.45, 2.75) is 32.9 Å². The molecule has 1 rings (SSSR count). The molecule has 82 valence electrons. The fourth-order valence-electron chi connectivity index (χ4n) is 1.37. The number of carbonyl (C=O) groups is 1. The van der Waals surface area contributed by atoms with Crippen molar-refractivity contribution in [3.8, 4) is 0 Å². The number of nitrogens with one attached hydrogen (secondary N) is 1. The number of benzene rings is 1. The van der Waals surface area contributed by atoms with E-state index >= 15 is 0 Å². The van der Waals surface area contributed by atoms with Crippen molar-refractivity contribution in [3.05, 3.63) is 35.4 Å². The van der Waals surface area contributed by atoms with E-state index in [2.05, 4.69) is 5.32 Å². The molecule has 0 aliphatic heterocycles. The molecule has 0 spiro atoms. The Morgan fingerprint density at radius 1 is 1.40 bits per heavy atom. The minimum atomic E-state index is 0.0595. The van der Waals surface area contributed by atoms with Gasteiger partial charge in [-0.05, 0) is 18.1 Å². The monoisotopic (exact) mass is 206 g/mol. The Kier molecular flexibility index (Phi) is 4.31. The Morgan fingerprint density at radius 2 is 2.00 bits per heavy atom. The van der Waals surface area contributed by atoms with Crippen LogP contribution in [0.1, 0.15) is 37.4 Å². The summed E-state index contributed by atoms with van der Waals surface area (Å²) >= 11 is 0. The summed E-state index contributed by atoms with van der Waals surface area (Å²) in [5.74, 6) is 0.0744. The fraction of sp³-hybridized carbons (Fsp3) is 0.417. The van der Waals surface area contributed by atoms with Gasteiger partial charge in [-0.2, -0.15) is 0 Å². The van der Waals surface area contributed by atoms with Crippen LogP contribution in [0, 0.1) is 0 Å². The summed E-state index contributed by atoms with van der Waals surface area (Å²) in [4.78, 5) is 11.2. The summed E-state index contributed by atoms with van der Waals surface area (Å²) in [6.07, 6.45) is 0.519. The van der Waals surface area contributed by atoms with Gasteiger partial charge >= 0.3 is 0 Å². The number of hydrogen-bond acceptors (Lipinski definition) is 2. The Labute approximate surface area is 90.7 Å². The number of carbonyl (C=O) groups excluding carboxylic acids is 1. The number of rotatable bonds is 4. The molecular formula is C12H18N2O. The van der Waals surface area contributed by atoms with Gasteiger partial charge < -0.3 is 11.1 Å². The zero-order valence-electron chi connectivity index (χ0n) is 9.29. The van der Waals surface area contributed by atoms with Crippen LogP contribution in [0.2, 0.25) is 0 Å². The van der Waals surface area contributed by atoms with Crippen LogP contribution in [0.15, 0.2) is 24.3 Å². The molecule has 3 N–H and O–H groups in total. The van der Waals surface area contributed by atoms with Crippen LogP contribution in [0.3, 0.4) is 0 Å². The Balaban J connectivity index is 2.65. The first-order valence-corrected chi connectivity index (χ1v) is 5.25. The van der Waals surface area contributed by atoms with Crippen molar-refractivity contribution >= 4 is 5.91 Å². The maximum absolute atomic E-state index is 11.2. The molecular weight excluding hydrogens is 188 g/mol. The second-order valence-electron chi connectivity index (χ2n) is 3.59. The standard InChI is InChI=1S/C12H18N2O/c1-3-12(15)14-9(2)11-6-4-10(8-13)5-7-11/h4-7,9H,3,8,13H2,1-2H3,(H,14,15). The summed E-state index contributed by atoms with van der Waals surface area (Å²) in [7, 11) is 0. The first-order valence-electron chi connectivity index (χ1n) is 5.25. The molecule has 0 saturated carbocycles. The molecule has 0 bridgehead atoms. The third-order valence-corrected chi connectivity index (χ3v) is 2.41. The predicted molar refractivity (Wildman–Crippen MR) is 61.2 cm³/mol. The Morgan fingerprint density at radius 3 is 2.47 bits per heavy atom. The van der Waals surface area contributed by atoms with E-state index in [1.807, 2.05) is 38.1 Å². The summed E-state index contributed by atoms with van der Waals surface area (Å²) < 4.78 is 0. The van der Waals surface area contributed by atoms with Crippen LogP contribution in [-0.4, -0.2) is 5.91 Å². The van der Waals surface area contributed by atoms with Gasteiger partial charge in [-0.15, -0.1) is 0 Å². The quantitative estimate of drug-likeness (QED) is 0.788. The van der Waals surface area contributed by atoms with Gasteiger partial charge in [0.25, 0.3) is 0 Å². The lowest BCUT2D eigenvalue weighted by Crippen LogP contribution is -2.25. The Bertz CT molecular complexity index is 319. The molecule has 3 heteroatoms. The molecule has 0 fully saturated rings. The smallest absolute Gasteiger partial charge is 0.220 e. The van der Waals surface area contributed by atoms with Crippen LogP contribution in [0.4, 0.5) is 0 Å². The summed E-state index contributed by atoms with van der Waals surface area (Å²) in [6, 6.07) is 8.05. The van der Waals surface area contributed by atoms with Gasteiger partial charge in [0, 0.05) is 13.0 Å². The molecule has 0 aliphatic carbocycles. The van der Waals surface area contributed by atoms with Gasteiger partial charge in [0.05, 0.1) is 6.04 Å². The lowest BCUT2D eigenvalue weighted by molar-refractivity contribution is -0.121. The molecule has 1 atom stereocenters. The first-order chi connectivity index (χ1) is 7.17. The van der Waals surface area contributed by atoms with Crippen molar-refractivity contribution in [1.29, 1.82) is 0 Å². The van der Waals surface area contributed by atoms with Crippen LogP contribution in [0.25, 0.3) is 0 Å². The van der Waals surface area contributed by atoms with E-state index in [4.69, 9.17) is 5.73 Å².